The van der Waals surface area contributed by atoms with Gasteiger partial charge in [-0.1, -0.05) is 32.1 Å². The second-order valence-corrected chi connectivity index (χ2v) is 7.98. The van der Waals surface area contributed by atoms with Gasteiger partial charge in [-0.2, -0.15) is 0 Å². The highest BCUT2D eigenvalue weighted by Gasteiger charge is 2.38. The lowest BCUT2D eigenvalue weighted by Crippen LogP contribution is -2.42. The number of nitrogens with one attached hydrogen (secondary N) is 3. The monoisotopic (exact) mass is 419 g/mol. The summed E-state index contributed by atoms with van der Waals surface area (Å²) < 4.78 is 5.04. The number of aromatic nitrogens is 1. The van der Waals surface area contributed by atoms with Gasteiger partial charge in [-0.05, 0) is 56.0 Å². The Balaban J connectivity index is 0.00000240. The quantitative estimate of drug-likeness (QED) is 0.632. The van der Waals surface area contributed by atoms with E-state index in [2.05, 4.69) is 15.6 Å². The van der Waals surface area contributed by atoms with Crippen molar-refractivity contribution in [2.75, 3.05) is 18.5 Å². The number of benzene rings is 1. The molecule has 2 atom stereocenters. The molecule has 1 saturated carbocycles. The largest absolute Gasteiger partial charge is 0.461 e. The number of hydrogen-bond acceptors (Lipinski definition) is 4. The fraction of sp³-hybridized carbons (Fsp3) is 0.545. The molecular weight excluding hydrogens is 390 g/mol. The number of esters is 1. The molecule has 3 N–H and O–H groups in total. The molecular formula is C22H30ClN3O3. The van der Waals surface area contributed by atoms with E-state index in [1.807, 2.05) is 18.2 Å². The van der Waals surface area contributed by atoms with E-state index in [0.29, 0.717) is 24.1 Å². The zero-order chi connectivity index (χ0) is 19.5. The topological polar surface area (TPSA) is 83.2 Å². The number of H-pyrrole nitrogens is 1. The SMILES string of the molecule is CCOC(=O)c1cc2cc(NC(=O)[C@H]3NCC[C@H]3C3CCCCC3)ccc2[nH]1.Cl. The molecule has 1 aliphatic carbocycles. The summed E-state index contributed by atoms with van der Waals surface area (Å²) in [5, 5.41) is 7.37. The maximum atomic E-state index is 12.9. The van der Waals surface area contributed by atoms with Crippen molar-refractivity contribution in [3.05, 3.63) is 30.0 Å². The van der Waals surface area contributed by atoms with Gasteiger partial charge in [0.1, 0.15) is 5.69 Å². The molecule has 0 bridgehead atoms. The molecule has 29 heavy (non-hydrogen) atoms. The van der Waals surface area contributed by atoms with Crippen LogP contribution >= 0.6 is 12.4 Å². The molecule has 1 aromatic carbocycles. The van der Waals surface area contributed by atoms with E-state index in [1.165, 1.54) is 32.1 Å². The molecule has 4 rings (SSSR count). The summed E-state index contributed by atoms with van der Waals surface area (Å²) in [6.45, 7) is 3.04. The van der Waals surface area contributed by atoms with E-state index < -0.39 is 0 Å². The Labute approximate surface area is 177 Å². The Hall–Kier alpha value is -2.05. The molecule has 1 saturated heterocycles. The first kappa shape index (κ1) is 21.7. The van der Waals surface area contributed by atoms with Crippen molar-refractivity contribution >= 4 is 40.9 Å². The first-order chi connectivity index (χ1) is 13.7. The van der Waals surface area contributed by atoms with Crippen LogP contribution in [0.4, 0.5) is 5.69 Å². The molecule has 158 valence electrons. The number of halogens is 1. The first-order valence-corrected chi connectivity index (χ1v) is 10.5. The van der Waals surface area contributed by atoms with Crippen LogP contribution in [0.5, 0.6) is 0 Å². The number of carbonyl (C=O) groups excluding carboxylic acids is 2. The van der Waals surface area contributed by atoms with Gasteiger partial charge in [-0.15, -0.1) is 12.4 Å². The molecule has 0 radical (unpaired) electrons. The number of rotatable bonds is 5. The van der Waals surface area contributed by atoms with Crippen LogP contribution in [0.25, 0.3) is 10.9 Å². The molecule has 7 heteroatoms. The van der Waals surface area contributed by atoms with Crippen LogP contribution in [0.1, 0.15) is 55.9 Å². The molecule has 1 aromatic heterocycles. The minimum atomic E-state index is -0.366. The Morgan fingerprint density at radius 3 is 2.69 bits per heavy atom. The second kappa shape index (κ2) is 9.63. The fourth-order valence-electron chi connectivity index (χ4n) is 4.83. The molecule has 2 aliphatic rings. The van der Waals surface area contributed by atoms with Gasteiger partial charge in [-0.3, -0.25) is 4.79 Å². The summed E-state index contributed by atoms with van der Waals surface area (Å²) in [5.74, 6) is 0.786. The number of ether oxygens (including phenoxy) is 1. The lowest BCUT2D eigenvalue weighted by molar-refractivity contribution is -0.119. The van der Waals surface area contributed by atoms with E-state index in [-0.39, 0.29) is 30.3 Å². The summed E-state index contributed by atoms with van der Waals surface area (Å²) in [7, 11) is 0. The third-order valence-electron chi connectivity index (χ3n) is 6.19. The average molecular weight is 420 g/mol. The van der Waals surface area contributed by atoms with Gasteiger partial charge in [0.15, 0.2) is 0 Å². The standard InChI is InChI=1S/C22H29N3O3.ClH/c1-2-28-22(27)19-13-15-12-16(8-9-18(15)25-19)24-21(26)20-17(10-11-23-20)14-6-4-3-5-7-14;/h8-9,12-14,17,20,23,25H,2-7,10-11H2,1H3,(H,24,26);1H/t17-,20-;/m0./s1. The third-order valence-corrected chi connectivity index (χ3v) is 6.19. The van der Waals surface area contributed by atoms with Crippen LogP contribution in [0.15, 0.2) is 24.3 Å². The molecule has 2 heterocycles. The summed E-state index contributed by atoms with van der Waals surface area (Å²) in [4.78, 5) is 27.9. The Kier molecular flexibility index (Phi) is 7.19. The number of carbonyl (C=O) groups is 2. The van der Waals surface area contributed by atoms with E-state index in [9.17, 15) is 9.59 Å². The number of hydrogen-bond donors (Lipinski definition) is 3. The number of fused-ring (bicyclic) bond motifs is 1. The lowest BCUT2D eigenvalue weighted by Gasteiger charge is -2.30. The predicted molar refractivity (Wildman–Crippen MR) is 117 cm³/mol. The van der Waals surface area contributed by atoms with Gasteiger partial charge in [0.05, 0.1) is 12.6 Å². The third kappa shape index (κ3) is 4.75. The first-order valence-electron chi connectivity index (χ1n) is 10.5. The molecule has 2 fully saturated rings. The minimum absolute atomic E-state index is 0. The van der Waals surface area contributed by atoms with Crippen LogP contribution in [0.2, 0.25) is 0 Å². The Morgan fingerprint density at radius 1 is 1.14 bits per heavy atom. The summed E-state index contributed by atoms with van der Waals surface area (Å²) in [6, 6.07) is 7.31. The zero-order valence-corrected chi connectivity index (χ0v) is 17.6. The van der Waals surface area contributed by atoms with E-state index in [4.69, 9.17) is 4.74 Å². The van der Waals surface area contributed by atoms with Crippen LogP contribution < -0.4 is 10.6 Å². The highest BCUT2D eigenvalue weighted by molar-refractivity contribution is 5.99. The highest BCUT2D eigenvalue weighted by Crippen LogP contribution is 2.36. The van der Waals surface area contributed by atoms with E-state index in [1.54, 1.807) is 13.0 Å². The van der Waals surface area contributed by atoms with Crippen molar-refractivity contribution in [2.24, 2.45) is 11.8 Å². The molecule has 0 unspecified atom stereocenters. The van der Waals surface area contributed by atoms with Crippen LogP contribution in [-0.2, 0) is 9.53 Å². The number of amides is 1. The number of aromatic amines is 1. The van der Waals surface area contributed by atoms with Crippen LogP contribution in [-0.4, -0.2) is 36.1 Å². The molecule has 1 aliphatic heterocycles. The lowest BCUT2D eigenvalue weighted by atomic mass is 9.76. The van der Waals surface area contributed by atoms with Gasteiger partial charge < -0.3 is 20.4 Å². The second-order valence-electron chi connectivity index (χ2n) is 7.98. The van der Waals surface area contributed by atoms with Crippen molar-refractivity contribution in [1.29, 1.82) is 0 Å². The normalized spacial score (nSPS) is 22.2. The van der Waals surface area contributed by atoms with Gasteiger partial charge in [-0.25, -0.2) is 4.79 Å². The van der Waals surface area contributed by atoms with Crippen molar-refractivity contribution in [2.45, 2.75) is 51.5 Å². The molecule has 2 aromatic rings. The van der Waals surface area contributed by atoms with Crippen LogP contribution in [0, 0.1) is 11.8 Å². The van der Waals surface area contributed by atoms with Gasteiger partial charge in [0, 0.05) is 16.6 Å². The summed E-state index contributed by atoms with van der Waals surface area (Å²) >= 11 is 0. The summed E-state index contributed by atoms with van der Waals surface area (Å²) in [6.07, 6.45) is 7.51. The van der Waals surface area contributed by atoms with E-state index in [0.717, 1.165) is 29.6 Å². The van der Waals surface area contributed by atoms with Crippen molar-refractivity contribution in [1.82, 2.24) is 10.3 Å². The van der Waals surface area contributed by atoms with Gasteiger partial charge in [0.25, 0.3) is 0 Å². The highest BCUT2D eigenvalue weighted by atomic mass is 35.5. The summed E-state index contributed by atoms with van der Waals surface area (Å²) in [5.41, 5.74) is 2.03. The maximum Gasteiger partial charge on any atom is 0.354 e. The molecule has 0 spiro atoms. The van der Waals surface area contributed by atoms with Crippen molar-refractivity contribution in [3.63, 3.8) is 0 Å². The zero-order valence-electron chi connectivity index (χ0n) is 16.8. The van der Waals surface area contributed by atoms with E-state index >= 15 is 0 Å². The van der Waals surface area contributed by atoms with Gasteiger partial charge >= 0.3 is 5.97 Å². The van der Waals surface area contributed by atoms with Crippen molar-refractivity contribution < 1.29 is 14.3 Å². The fourth-order valence-corrected chi connectivity index (χ4v) is 4.83. The number of anilines is 1. The predicted octanol–water partition coefficient (Wildman–Crippen LogP) is 4.26. The van der Waals surface area contributed by atoms with Gasteiger partial charge in [0.2, 0.25) is 5.91 Å². The van der Waals surface area contributed by atoms with Crippen molar-refractivity contribution in [3.8, 4) is 0 Å². The Morgan fingerprint density at radius 2 is 1.93 bits per heavy atom. The molecule has 1 amide bonds. The molecule has 6 nitrogen and oxygen atoms in total. The smallest absolute Gasteiger partial charge is 0.354 e. The minimum Gasteiger partial charge on any atom is -0.461 e. The van der Waals surface area contributed by atoms with Crippen LogP contribution in [0.3, 0.4) is 0 Å². The average Bonchev–Trinajstić information content (AvgIpc) is 3.36. The maximum absolute atomic E-state index is 12.9. The Bertz CT molecular complexity index is 860.